The second kappa shape index (κ2) is 10.2. The second-order valence-electron chi connectivity index (χ2n) is 1.19. The van der Waals surface area contributed by atoms with Crippen molar-refractivity contribution >= 4 is 12.6 Å². The predicted molar refractivity (Wildman–Crippen MR) is 28.9 cm³/mol. The van der Waals surface area contributed by atoms with E-state index < -0.39 is 12.6 Å². The van der Waals surface area contributed by atoms with Gasteiger partial charge in [0.1, 0.15) is 0 Å². The summed E-state index contributed by atoms with van der Waals surface area (Å²) in [6.07, 6.45) is 0.676. The van der Waals surface area contributed by atoms with Gasteiger partial charge in [-0.3, -0.25) is 9.59 Å². The molecule has 0 aliphatic rings. The van der Waals surface area contributed by atoms with Crippen LogP contribution < -0.4 is 0 Å². The number of hydrogen-bond acceptors (Lipinski definition) is 2. The van der Waals surface area contributed by atoms with Crippen molar-refractivity contribution in [2.45, 2.75) is 19.8 Å². The number of halogens is 2. The summed E-state index contributed by atoms with van der Waals surface area (Å²) in [6.45, 7) is 1.01. The smallest absolute Gasteiger partial charge is 0.265 e. The predicted octanol–water partition coefficient (Wildman–Crippen LogP) is 1.43. The molecule has 0 spiro atoms. The SMILES string of the molecule is CCCC(=O)F.O=CF. The van der Waals surface area contributed by atoms with E-state index in [0.29, 0.717) is 6.42 Å². The van der Waals surface area contributed by atoms with Gasteiger partial charge in [-0.25, -0.2) is 0 Å². The van der Waals surface area contributed by atoms with Crippen LogP contribution in [0.3, 0.4) is 0 Å². The minimum Gasteiger partial charge on any atom is -0.265 e. The molecule has 0 aromatic carbocycles. The lowest BCUT2D eigenvalue weighted by molar-refractivity contribution is -0.129. The van der Waals surface area contributed by atoms with Gasteiger partial charge in [0.2, 0.25) is 0 Å². The molecule has 0 rings (SSSR count). The van der Waals surface area contributed by atoms with Crippen LogP contribution in [0.15, 0.2) is 0 Å². The van der Waals surface area contributed by atoms with E-state index in [9.17, 15) is 13.6 Å². The number of carbonyl (C=O) groups is 2. The van der Waals surface area contributed by atoms with Gasteiger partial charge < -0.3 is 0 Å². The normalized spacial score (nSPS) is 7.00. The van der Waals surface area contributed by atoms with Crippen molar-refractivity contribution in [2.24, 2.45) is 0 Å². The van der Waals surface area contributed by atoms with E-state index in [2.05, 4.69) is 0 Å². The van der Waals surface area contributed by atoms with Gasteiger partial charge in [0, 0.05) is 6.42 Å². The van der Waals surface area contributed by atoms with Crippen molar-refractivity contribution in [3.8, 4) is 0 Å². The van der Waals surface area contributed by atoms with E-state index in [-0.39, 0.29) is 6.42 Å². The van der Waals surface area contributed by atoms with Gasteiger partial charge in [0.15, 0.2) is 0 Å². The largest absolute Gasteiger partial charge is 0.301 e. The molecule has 0 saturated carbocycles. The van der Waals surface area contributed by atoms with Crippen molar-refractivity contribution in [3.05, 3.63) is 0 Å². The van der Waals surface area contributed by atoms with Gasteiger partial charge in [-0.2, -0.15) is 8.78 Å². The van der Waals surface area contributed by atoms with Crippen LogP contribution >= 0.6 is 0 Å². The molecule has 0 amide bonds. The van der Waals surface area contributed by atoms with Crippen LogP contribution in [0.5, 0.6) is 0 Å². The van der Waals surface area contributed by atoms with E-state index in [1.807, 2.05) is 0 Å². The maximum absolute atomic E-state index is 11.1. The molecule has 0 unspecified atom stereocenters. The zero-order valence-electron chi connectivity index (χ0n) is 5.06. The van der Waals surface area contributed by atoms with Gasteiger partial charge in [-0.05, 0) is 6.42 Å². The number of rotatable bonds is 2. The first kappa shape index (κ1) is 11.1. The summed E-state index contributed by atoms with van der Waals surface area (Å²) >= 11 is 0. The van der Waals surface area contributed by atoms with E-state index in [4.69, 9.17) is 4.79 Å². The minimum atomic E-state index is -1.21. The summed E-state index contributed by atoms with van der Waals surface area (Å²) in [5.41, 5.74) is 0. The molecule has 0 radical (unpaired) electrons. The first-order valence-corrected chi connectivity index (χ1v) is 2.41. The zero-order chi connectivity index (χ0) is 7.70. The first-order chi connectivity index (χ1) is 4.18. The Bertz CT molecular complexity index is 83.0. The Morgan fingerprint density at radius 2 is 2.00 bits per heavy atom. The standard InChI is InChI=1S/C4H7FO.CHFO/c1-2-3-4(5)6;2-1-3/h2-3H2,1H3;1H. The molecule has 0 aromatic rings. The van der Waals surface area contributed by atoms with Crippen LogP contribution in [0.25, 0.3) is 0 Å². The van der Waals surface area contributed by atoms with Crippen molar-refractivity contribution in [1.82, 2.24) is 0 Å². The Labute approximate surface area is 51.9 Å². The third-order valence-electron chi connectivity index (χ3n) is 0.447. The van der Waals surface area contributed by atoms with Crippen molar-refractivity contribution < 1.29 is 18.4 Å². The van der Waals surface area contributed by atoms with Gasteiger partial charge in [0.05, 0.1) is 0 Å². The van der Waals surface area contributed by atoms with Crippen LogP contribution in [0.2, 0.25) is 0 Å². The summed E-state index contributed by atoms with van der Waals surface area (Å²) in [5, 5.41) is 0. The molecule has 54 valence electrons. The maximum atomic E-state index is 11.1. The fourth-order valence-corrected chi connectivity index (χ4v) is 0.197. The molecular formula is C5H8F2O2. The molecular weight excluding hydrogens is 130 g/mol. The lowest BCUT2D eigenvalue weighted by Crippen LogP contribution is -1.81. The van der Waals surface area contributed by atoms with Crippen LogP contribution in [0.1, 0.15) is 19.8 Å². The Morgan fingerprint density at radius 3 is 2.00 bits per heavy atom. The average Bonchev–Trinajstić information content (AvgIpc) is 1.67. The molecule has 0 heterocycles. The number of hydrogen-bond donors (Lipinski definition) is 0. The molecule has 0 bridgehead atoms. The molecule has 0 saturated heterocycles. The summed E-state index contributed by atoms with van der Waals surface area (Å²) < 4.78 is 20.7. The highest BCUT2D eigenvalue weighted by Gasteiger charge is 1.89. The molecule has 9 heavy (non-hydrogen) atoms. The lowest BCUT2D eigenvalue weighted by atomic mass is 10.4. The summed E-state index contributed by atoms with van der Waals surface area (Å²) in [7, 11) is 0. The van der Waals surface area contributed by atoms with E-state index in [0.717, 1.165) is 0 Å². The topological polar surface area (TPSA) is 34.1 Å². The van der Waals surface area contributed by atoms with E-state index in [1.54, 1.807) is 6.92 Å². The molecule has 0 aliphatic carbocycles. The molecule has 0 aromatic heterocycles. The molecule has 0 N–H and O–H groups in total. The third-order valence-corrected chi connectivity index (χ3v) is 0.447. The Kier molecular flexibility index (Phi) is 12.6. The summed E-state index contributed by atoms with van der Waals surface area (Å²) in [4.78, 5) is 17.5. The molecule has 0 atom stereocenters. The maximum Gasteiger partial charge on any atom is 0.301 e. The second-order valence-corrected chi connectivity index (χ2v) is 1.19. The highest BCUT2D eigenvalue weighted by molar-refractivity contribution is 5.67. The fraction of sp³-hybridized carbons (Fsp3) is 0.600. The quantitative estimate of drug-likeness (QED) is 0.427. The monoisotopic (exact) mass is 138 g/mol. The van der Waals surface area contributed by atoms with Gasteiger partial charge in [0.25, 0.3) is 6.54 Å². The first-order valence-electron chi connectivity index (χ1n) is 2.41. The lowest BCUT2D eigenvalue weighted by Gasteiger charge is -1.76. The molecule has 0 aliphatic heterocycles. The summed E-state index contributed by atoms with van der Waals surface area (Å²) in [6, 6.07) is -1.21. The molecule has 0 fully saturated rings. The van der Waals surface area contributed by atoms with Crippen LogP contribution in [-0.4, -0.2) is 12.6 Å². The zero-order valence-corrected chi connectivity index (χ0v) is 5.06. The fourth-order valence-electron chi connectivity index (χ4n) is 0.197. The highest BCUT2D eigenvalue weighted by atomic mass is 19.1. The van der Waals surface area contributed by atoms with Crippen molar-refractivity contribution in [2.75, 3.05) is 0 Å². The van der Waals surface area contributed by atoms with Crippen molar-refractivity contribution in [3.63, 3.8) is 0 Å². The summed E-state index contributed by atoms with van der Waals surface area (Å²) in [5.74, 6) is 0. The van der Waals surface area contributed by atoms with Crippen molar-refractivity contribution in [1.29, 1.82) is 0 Å². The third kappa shape index (κ3) is 40.2. The Balaban J connectivity index is 0. The minimum absolute atomic E-state index is 0.0694. The Morgan fingerprint density at radius 1 is 1.67 bits per heavy atom. The molecule has 2 nitrogen and oxygen atoms in total. The van der Waals surface area contributed by atoms with Crippen LogP contribution in [0.4, 0.5) is 8.78 Å². The van der Waals surface area contributed by atoms with E-state index >= 15 is 0 Å². The van der Waals surface area contributed by atoms with Gasteiger partial charge in [-0.1, -0.05) is 6.92 Å². The molecule has 4 heteroatoms. The Hall–Kier alpha value is -0.800. The van der Waals surface area contributed by atoms with Gasteiger partial charge in [-0.15, -0.1) is 0 Å². The van der Waals surface area contributed by atoms with Gasteiger partial charge >= 0.3 is 6.04 Å². The highest BCUT2D eigenvalue weighted by Crippen LogP contribution is 1.86. The number of carbonyl (C=O) groups excluding carboxylic acids is 2. The van der Waals surface area contributed by atoms with Crippen LogP contribution in [0, 0.1) is 0 Å². The average molecular weight is 138 g/mol. The van der Waals surface area contributed by atoms with Crippen LogP contribution in [-0.2, 0) is 9.59 Å². The van der Waals surface area contributed by atoms with E-state index in [1.165, 1.54) is 0 Å².